The van der Waals surface area contributed by atoms with Gasteiger partial charge in [-0.25, -0.2) is 0 Å². The summed E-state index contributed by atoms with van der Waals surface area (Å²) in [7, 11) is 1.82. The minimum Gasteiger partial charge on any atom is -0.382 e. The fourth-order valence-corrected chi connectivity index (χ4v) is 4.11. The molecule has 3 unspecified atom stereocenters. The summed E-state index contributed by atoms with van der Waals surface area (Å²) in [5.41, 5.74) is 0.213. The molecule has 2 fully saturated rings. The molecule has 3 nitrogen and oxygen atoms in total. The molecule has 0 bridgehead atoms. The van der Waals surface area contributed by atoms with Crippen molar-refractivity contribution in [3.63, 3.8) is 0 Å². The van der Waals surface area contributed by atoms with Crippen molar-refractivity contribution in [3.8, 4) is 0 Å². The van der Waals surface area contributed by atoms with Crippen molar-refractivity contribution in [2.45, 2.75) is 83.0 Å². The lowest BCUT2D eigenvalue weighted by molar-refractivity contribution is -0.123. The number of methoxy groups -OCH3 is 1. The molecule has 0 aromatic rings. The number of rotatable bonds is 6. The Morgan fingerprint density at radius 2 is 2.05 bits per heavy atom. The zero-order chi connectivity index (χ0) is 14.4. The maximum atomic E-state index is 6.24. The van der Waals surface area contributed by atoms with Crippen LogP contribution in [0.25, 0.3) is 0 Å². The van der Waals surface area contributed by atoms with Crippen molar-refractivity contribution in [3.05, 3.63) is 0 Å². The Balaban J connectivity index is 1.96. The molecule has 0 radical (unpaired) electrons. The first kappa shape index (κ1) is 16.3. The first-order chi connectivity index (χ1) is 9.69. The smallest absolute Gasteiger partial charge is 0.0685 e. The first-order valence-corrected chi connectivity index (χ1v) is 8.59. The molecule has 1 saturated carbocycles. The van der Waals surface area contributed by atoms with Gasteiger partial charge in [0.1, 0.15) is 0 Å². The van der Waals surface area contributed by atoms with E-state index in [1.54, 1.807) is 0 Å². The van der Waals surface area contributed by atoms with E-state index in [2.05, 4.69) is 19.2 Å². The Kier molecular flexibility index (Phi) is 6.31. The predicted octanol–water partition coefficient (Wildman–Crippen LogP) is 3.52. The molecule has 1 aliphatic carbocycles. The summed E-state index contributed by atoms with van der Waals surface area (Å²) in [5, 5.41) is 3.70. The summed E-state index contributed by atoms with van der Waals surface area (Å²) in [6.45, 7) is 6.39. The van der Waals surface area contributed by atoms with Crippen molar-refractivity contribution in [2.75, 3.05) is 20.3 Å². The van der Waals surface area contributed by atoms with Crippen molar-refractivity contribution < 1.29 is 9.47 Å². The van der Waals surface area contributed by atoms with Crippen LogP contribution in [0.2, 0.25) is 0 Å². The Labute approximate surface area is 124 Å². The van der Waals surface area contributed by atoms with Gasteiger partial charge in [-0.2, -0.15) is 0 Å². The highest BCUT2D eigenvalue weighted by molar-refractivity contribution is 4.93. The van der Waals surface area contributed by atoms with E-state index in [1.165, 1.54) is 44.9 Å². The molecule has 20 heavy (non-hydrogen) atoms. The maximum absolute atomic E-state index is 6.24. The Hall–Kier alpha value is -0.120. The molecule has 2 aliphatic rings. The largest absolute Gasteiger partial charge is 0.382 e. The third-order valence-corrected chi connectivity index (χ3v) is 5.32. The van der Waals surface area contributed by atoms with Crippen LogP contribution in [0.4, 0.5) is 0 Å². The third-order valence-electron chi connectivity index (χ3n) is 5.32. The van der Waals surface area contributed by atoms with E-state index in [-0.39, 0.29) is 5.60 Å². The second-order valence-corrected chi connectivity index (χ2v) is 6.79. The van der Waals surface area contributed by atoms with E-state index < -0.39 is 0 Å². The highest BCUT2D eigenvalue weighted by atomic mass is 16.5. The number of hydrogen-bond acceptors (Lipinski definition) is 3. The number of ether oxygens (including phenoxy) is 2. The molecular weight excluding hydrogens is 250 g/mol. The van der Waals surface area contributed by atoms with Gasteiger partial charge in [0.25, 0.3) is 0 Å². The van der Waals surface area contributed by atoms with Gasteiger partial charge in [0.15, 0.2) is 0 Å². The summed E-state index contributed by atoms with van der Waals surface area (Å²) in [6.07, 6.45) is 10.6. The molecule has 1 aliphatic heterocycles. The Bertz CT molecular complexity index is 271. The lowest BCUT2D eigenvalue weighted by Gasteiger charge is -2.46. The van der Waals surface area contributed by atoms with Crippen LogP contribution in [0, 0.1) is 5.92 Å². The summed E-state index contributed by atoms with van der Waals surface area (Å²) >= 11 is 0. The zero-order valence-electron chi connectivity index (χ0n) is 13.6. The second kappa shape index (κ2) is 7.77. The Morgan fingerprint density at radius 1 is 1.30 bits per heavy atom. The van der Waals surface area contributed by atoms with E-state index >= 15 is 0 Å². The van der Waals surface area contributed by atoms with Crippen molar-refractivity contribution in [2.24, 2.45) is 5.92 Å². The summed E-state index contributed by atoms with van der Waals surface area (Å²) < 4.78 is 11.7. The van der Waals surface area contributed by atoms with E-state index in [0.717, 1.165) is 25.5 Å². The molecule has 0 aromatic heterocycles. The van der Waals surface area contributed by atoms with Gasteiger partial charge in [0.2, 0.25) is 0 Å². The quantitative estimate of drug-likeness (QED) is 0.809. The van der Waals surface area contributed by atoms with Crippen LogP contribution >= 0.6 is 0 Å². The predicted molar refractivity (Wildman–Crippen MR) is 83.0 cm³/mol. The van der Waals surface area contributed by atoms with Crippen molar-refractivity contribution in [1.29, 1.82) is 0 Å². The highest BCUT2D eigenvalue weighted by Crippen LogP contribution is 2.42. The lowest BCUT2D eigenvalue weighted by atomic mass is 9.73. The zero-order valence-corrected chi connectivity index (χ0v) is 13.6. The van der Waals surface area contributed by atoms with Crippen LogP contribution in [-0.2, 0) is 9.47 Å². The number of nitrogens with one attached hydrogen (secondary N) is 1. The van der Waals surface area contributed by atoms with Crippen LogP contribution in [0.15, 0.2) is 0 Å². The van der Waals surface area contributed by atoms with Gasteiger partial charge >= 0.3 is 0 Å². The van der Waals surface area contributed by atoms with Crippen LogP contribution in [0.5, 0.6) is 0 Å². The summed E-state index contributed by atoms with van der Waals surface area (Å²) in [6, 6.07) is 0.581. The Morgan fingerprint density at radius 3 is 2.70 bits per heavy atom. The van der Waals surface area contributed by atoms with Gasteiger partial charge in [-0.15, -0.1) is 0 Å². The molecular formula is C17H33NO2. The van der Waals surface area contributed by atoms with E-state index in [4.69, 9.17) is 9.47 Å². The van der Waals surface area contributed by atoms with Gasteiger partial charge in [-0.05, 0) is 51.5 Å². The monoisotopic (exact) mass is 283 g/mol. The molecule has 0 aromatic carbocycles. The molecule has 2 rings (SSSR count). The fourth-order valence-electron chi connectivity index (χ4n) is 4.11. The molecule has 1 spiro atoms. The molecule has 118 valence electrons. The van der Waals surface area contributed by atoms with Crippen LogP contribution in [0.1, 0.15) is 65.2 Å². The topological polar surface area (TPSA) is 30.5 Å². The van der Waals surface area contributed by atoms with Crippen LogP contribution < -0.4 is 5.32 Å². The molecule has 3 atom stereocenters. The van der Waals surface area contributed by atoms with E-state index in [1.807, 2.05) is 7.11 Å². The lowest BCUT2D eigenvalue weighted by Crippen LogP contribution is -2.48. The molecule has 3 heteroatoms. The third kappa shape index (κ3) is 4.19. The molecule has 1 N–H and O–H groups in total. The standard InChI is InChI=1S/C17H33NO2/c1-4-18-16(12-14(2)19-3)15-8-11-20-17(13-15)9-6-5-7-10-17/h14-16,18H,4-13H2,1-3H3. The maximum Gasteiger partial charge on any atom is 0.0685 e. The van der Waals surface area contributed by atoms with Crippen molar-refractivity contribution >= 4 is 0 Å². The summed E-state index contributed by atoms with van der Waals surface area (Å²) in [4.78, 5) is 0. The average molecular weight is 283 g/mol. The second-order valence-electron chi connectivity index (χ2n) is 6.79. The number of hydrogen-bond donors (Lipinski definition) is 1. The molecule has 0 amide bonds. The van der Waals surface area contributed by atoms with Crippen LogP contribution in [0.3, 0.4) is 0 Å². The highest BCUT2D eigenvalue weighted by Gasteiger charge is 2.40. The van der Waals surface area contributed by atoms with Gasteiger partial charge in [0.05, 0.1) is 11.7 Å². The van der Waals surface area contributed by atoms with Crippen molar-refractivity contribution in [1.82, 2.24) is 5.32 Å². The fraction of sp³-hybridized carbons (Fsp3) is 1.00. The first-order valence-electron chi connectivity index (χ1n) is 8.59. The molecule has 1 heterocycles. The van der Waals surface area contributed by atoms with Gasteiger partial charge in [-0.1, -0.05) is 26.2 Å². The van der Waals surface area contributed by atoms with Gasteiger partial charge in [0, 0.05) is 19.8 Å². The average Bonchev–Trinajstić information content (AvgIpc) is 2.47. The molecule has 1 saturated heterocycles. The minimum atomic E-state index is 0.213. The van der Waals surface area contributed by atoms with Gasteiger partial charge < -0.3 is 14.8 Å². The normalized spacial score (nSPS) is 29.2. The summed E-state index contributed by atoms with van der Waals surface area (Å²) in [5.74, 6) is 0.749. The minimum absolute atomic E-state index is 0.213. The van der Waals surface area contributed by atoms with E-state index in [9.17, 15) is 0 Å². The SMILES string of the molecule is CCNC(CC(C)OC)C1CCOC2(CCCCC2)C1. The van der Waals surface area contributed by atoms with Gasteiger partial charge in [-0.3, -0.25) is 0 Å². The van der Waals surface area contributed by atoms with Crippen LogP contribution in [-0.4, -0.2) is 38.0 Å². The van der Waals surface area contributed by atoms with E-state index in [0.29, 0.717) is 12.1 Å².